The van der Waals surface area contributed by atoms with Crippen molar-refractivity contribution in [3.8, 4) is 11.1 Å². The summed E-state index contributed by atoms with van der Waals surface area (Å²) in [5.74, 6) is -1.79. The maximum absolute atomic E-state index is 14.5. The van der Waals surface area contributed by atoms with Gasteiger partial charge in [0.05, 0.1) is 11.1 Å². The average Bonchev–Trinajstić information content (AvgIpc) is 3.81. The van der Waals surface area contributed by atoms with Crippen LogP contribution in [0.5, 0.6) is 0 Å². The van der Waals surface area contributed by atoms with Gasteiger partial charge in [-0.25, -0.2) is 9.18 Å². The van der Waals surface area contributed by atoms with Crippen LogP contribution in [-0.2, 0) is 24.3 Å². The fourth-order valence-corrected chi connectivity index (χ4v) is 5.84. The van der Waals surface area contributed by atoms with Crippen molar-refractivity contribution >= 4 is 17.8 Å². The van der Waals surface area contributed by atoms with Crippen LogP contribution in [0.2, 0.25) is 0 Å². The SMILES string of the molecule is O=C(O)c1cccc(-c2ccc(CNC(=O)[C@H]3C[C@H]3c3ccccc3)c3c2CCN(C(=O)c2ccccc2F)C3)c1. The van der Waals surface area contributed by atoms with E-state index in [0.717, 1.165) is 34.2 Å². The third-order valence-electron chi connectivity index (χ3n) is 8.13. The van der Waals surface area contributed by atoms with Gasteiger partial charge in [0.25, 0.3) is 5.91 Å². The Labute approximate surface area is 237 Å². The minimum absolute atomic E-state index is 0.000868. The van der Waals surface area contributed by atoms with Gasteiger partial charge in [-0.2, -0.15) is 0 Å². The molecule has 0 aromatic heterocycles. The smallest absolute Gasteiger partial charge is 0.335 e. The molecular formula is C34H29FN2O4. The molecule has 2 aliphatic rings. The monoisotopic (exact) mass is 548 g/mol. The molecule has 0 saturated heterocycles. The van der Waals surface area contributed by atoms with Crippen LogP contribution in [0.3, 0.4) is 0 Å². The van der Waals surface area contributed by atoms with Gasteiger partial charge in [-0.05, 0) is 76.4 Å². The van der Waals surface area contributed by atoms with E-state index < -0.39 is 11.8 Å². The molecule has 2 atom stereocenters. The first-order valence-corrected chi connectivity index (χ1v) is 13.7. The molecule has 0 bridgehead atoms. The number of aromatic carboxylic acids is 1. The van der Waals surface area contributed by atoms with E-state index in [2.05, 4.69) is 5.32 Å². The van der Waals surface area contributed by atoms with Gasteiger partial charge in [0.2, 0.25) is 5.91 Å². The lowest BCUT2D eigenvalue weighted by atomic mass is 9.87. The maximum atomic E-state index is 14.5. The lowest BCUT2D eigenvalue weighted by molar-refractivity contribution is -0.122. The molecule has 6 nitrogen and oxygen atoms in total. The predicted molar refractivity (Wildman–Crippen MR) is 153 cm³/mol. The third kappa shape index (κ3) is 5.35. The number of nitrogens with one attached hydrogen (secondary N) is 1. The van der Waals surface area contributed by atoms with Crippen LogP contribution in [0.25, 0.3) is 11.1 Å². The number of carbonyl (C=O) groups excluding carboxylic acids is 2. The topological polar surface area (TPSA) is 86.7 Å². The fraction of sp³-hybridized carbons (Fsp3) is 0.206. The van der Waals surface area contributed by atoms with E-state index in [1.165, 1.54) is 17.7 Å². The van der Waals surface area contributed by atoms with Crippen LogP contribution in [-0.4, -0.2) is 34.3 Å². The highest BCUT2D eigenvalue weighted by atomic mass is 19.1. The molecule has 1 aliphatic heterocycles. The minimum atomic E-state index is -1.00. The molecule has 0 spiro atoms. The Bertz CT molecular complexity index is 1650. The number of rotatable bonds is 7. The molecule has 206 valence electrons. The first-order valence-electron chi connectivity index (χ1n) is 13.7. The van der Waals surface area contributed by atoms with Crippen molar-refractivity contribution in [2.75, 3.05) is 6.54 Å². The van der Waals surface area contributed by atoms with E-state index in [4.69, 9.17) is 0 Å². The van der Waals surface area contributed by atoms with Crippen LogP contribution in [0, 0.1) is 11.7 Å². The molecule has 0 radical (unpaired) electrons. The van der Waals surface area contributed by atoms with E-state index in [1.54, 1.807) is 35.2 Å². The second-order valence-electron chi connectivity index (χ2n) is 10.6. The number of fused-ring (bicyclic) bond motifs is 1. The average molecular weight is 549 g/mol. The molecule has 1 fully saturated rings. The van der Waals surface area contributed by atoms with Gasteiger partial charge in [-0.1, -0.05) is 66.7 Å². The van der Waals surface area contributed by atoms with Gasteiger partial charge >= 0.3 is 5.97 Å². The van der Waals surface area contributed by atoms with Gasteiger partial charge in [0, 0.05) is 25.6 Å². The molecule has 2 amide bonds. The predicted octanol–water partition coefficient (Wildman–Crippen LogP) is 5.81. The summed E-state index contributed by atoms with van der Waals surface area (Å²) in [7, 11) is 0. The summed E-state index contributed by atoms with van der Waals surface area (Å²) >= 11 is 0. The molecule has 1 heterocycles. The Morgan fingerprint density at radius 2 is 1.68 bits per heavy atom. The molecule has 4 aromatic carbocycles. The Balaban J connectivity index is 1.29. The summed E-state index contributed by atoms with van der Waals surface area (Å²) < 4.78 is 14.5. The summed E-state index contributed by atoms with van der Waals surface area (Å²) in [5, 5.41) is 12.6. The first kappa shape index (κ1) is 26.4. The number of amides is 2. The second kappa shape index (κ2) is 11.0. The van der Waals surface area contributed by atoms with E-state index in [1.807, 2.05) is 48.5 Å². The van der Waals surface area contributed by atoms with Crippen LogP contribution in [0.1, 0.15) is 55.3 Å². The Kier molecular flexibility index (Phi) is 7.10. The number of nitrogens with zero attached hydrogens (tertiary/aromatic N) is 1. The summed E-state index contributed by atoms with van der Waals surface area (Å²) in [6.45, 7) is 0.953. The molecule has 2 N–H and O–H groups in total. The van der Waals surface area contributed by atoms with Gasteiger partial charge < -0.3 is 15.3 Å². The Morgan fingerprint density at radius 3 is 2.46 bits per heavy atom. The molecule has 1 saturated carbocycles. The van der Waals surface area contributed by atoms with Gasteiger partial charge in [0.1, 0.15) is 5.82 Å². The Morgan fingerprint density at radius 1 is 0.902 bits per heavy atom. The number of carbonyl (C=O) groups is 3. The second-order valence-corrected chi connectivity index (χ2v) is 10.6. The number of carboxylic acid groups (broad SMARTS) is 1. The molecule has 7 heteroatoms. The highest BCUT2D eigenvalue weighted by molar-refractivity contribution is 5.95. The zero-order valence-corrected chi connectivity index (χ0v) is 22.3. The van der Waals surface area contributed by atoms with E-state index in [-0.39, 0.29) is 41.3 Å². The molecule has 6 rings (SSSR count). The standard InChI is InChI=1S/C34H29FN2O4/c35-31-12-5-4-11-27(31)33(39)37-16-15-26-25(22-9-6-10-23(17-22)34(40)41)14-13-24(30(26)20-37)19-36-32(38)29-18-28(29)21-7-2-1-3-8-21/h1-14,17,28-29H,15-16,18-20H2,(H,36,38)(H,40,41)/t28-,29-/m0/s1. The largest absolute Gasteiger partial charge is 0.478 e. The van der Waals surface area contributed by atoms with Crippen LogP contribution >= 0.6 is 0 Å². The number of hydrogen-bond acceptors (Lipinski definition) is 3. The quantitative estimate of drug-likeness (QED) is 0.305. The first-order chi connectivity index (χ1) is 19.9. The zero-order valence-electron chi connectivity index (χ0n) is 22.3. The van der Waals surface area contributed by atoms with E-state index >= 15 is 0 Å². The molecule has 41 heavy (non-hydrogen) atoms. The number of halogens is 1. The molecule has 4 aromatic rings. The van der Waals surface area contributed by atoms with Crippen LogP contribution in [0.15, 0.2) is 91.0 Å². The number of carboxylic acids is 1. The minimum Gasteiger partial charge on any atom is -0.478 e. The third-order valence-corrected chi connectivity index (χ3v) is 8.13. The van der Waals surface area contributed by atoms with E-state index in [9.17, 15) is 23.9 Å². The van der Waals surface area contributed by atoms with Crippen molar-refractivity contribution in [1.82, 2.24) is 10.2 Å². The van der Waals surface area contributed by atoms with E-state index in [0.29, 0.717) is 19.5 Å². The summed E-state index contributed by atoms with van der Waals surface area (Å²) in [5.41, 5.74) is 5.83. The van der Waals surface area contributed by atoms with Crippen LogP contribution < -0.4 is 5.32 Å². The van der Waals surface area contributed by atoms with Crippen molar-refractivity contribution in [2.45, 2.75) is 31.8 Å². The van der Waals surface area contributed by atoms with Gasteiger partial charge in [-0.15, -0.1) is 0 Å². The summed E-state index contributed by atoms with van der Waals surface area (Å²) in [6.07, 6.45) is 1.33. The lowest BCUT2D eigenvalue weighted by Gasteiger charge is -2.32. The van der Waals surface area contributed by atoms with Crippen molar-refractivity contribution in [2.24, 2.45) is 5.92 Å². The van der Waals surface area contributed by atoms with Crippen molar-refractivity contribution < 1.29 is 23.9 Å². The molecule has 1 aliphatic carbocycles. The number of hydrogen-bond donors (Lipinski definition) is 2. The van der Waals surface area contributed by atoms with Crippen molar-refractivity contribution in [3.63, 3.8) is 0 Å². The lowest BCUT2D eigenvalue weighted by Crippen LogP contribution is -2.37. The van der Waals surface area contributed by atoms with Crippen molar-refractivity contribution in [1.29, 1.82) is 0 Å². The maximum Gasteiger partial charge on any atom is 0.335 e. The summed E-state index contributed by atoms with van der Waals surface area (Å²) in [6, 6.07) is 26.7. The highest BCUT2D eigenvalue weighted by Crippen LogP contribution is 2.47. The Hall–Kier alpha value is -4.78. The van der Waals surface area contributed by atoms with Gasteiger partial charge in [-0.3, -0.25) is 9.59 Å². The highest BCUT2D eigenvalue weighted by Gasteiger charge is 2.43. The fourth-order valence-electron chi connectivity index (χ4n) is 5.84. The van der Waals surface area contributed by atoms with Crippen molar-refractivity contribution in [3.05, 3.63) is 130 Å². The number of benzene rings is 4. The molecule has 0 unspecified atom stereocenters. The normalized spacial score (nSPS) is 17.4. The summed E-state index contributed by atoms with van der Waals surface area (Å²) in [4.78, 5) is 39.6. The van der Waals surface area contributed by atoms with Gasteiger partial charge in [0.15, 0.2) is 0 Å². The molecular weight excluding hydrogens is 519 g/mol. The zero-order chi connectivity index (χ0) is 28.5. The van der Waals surface area contributed by atoms with Crippen LogP contribution in [0.4, 0.5) is 4.39 Å².